The van der Waals surface area contributed by atoms with Crippen LogP contribution in [0.15, 0.2) is 6.20 Å². The van der Waals surface area contributed by atoms with Gasteiger partial charge in [-0.25, -0.2) is 0 Å². The Kier molecular flexibility index (Phi) is 4.68. The molecule has 0 bridgehead atoms. The van der Waals surface area contributed by atoms with Crippen LogP contribution in [0.5, 0.6) is 5.75 Å². The molecule has 1 saturated heterocycles. The van der Waals surface area contributed by atoms with Crippen LogP contribution >= 0.6 is 0 Å². The summed E-state index contributed by atoms with van der Waals surface area (Å²) in [7, 11) is 1.58. The number of nitrogens with one attached hydrogen (secondary N) is 1. The Morgan fingerprint density at radius 2 is 2.00 bits per heavy atom. The van der Waals surface area contributed by atoms with Crippen molar-refractivity contribution in [3.8, 4) is 5.75 Å². The monoisotopic (exact) mass is 294 g/mol. The van der Waals surface area contributed by atoms with Crippen LogP contribution in [-0.4, -0.2) is 59.3 Å². The molecule has 1 N–H and O–H groups in total. The van der Waals surface area contributed by atoms with E-state index in [4.69, 9.17) is 4.74 Å². The van der Waals surface area contributed by atoms with Crippen molar-refractivity contribution in [1.29, 1.82) is 0 Å². The Hall–Kier alpha value is -1.40. The van der Waals surface area contributed by atoms with Crippen LogP contribution in [0.4, 0.5) is 0 Å². The number of piperazine rings is 1. The van der Waals surface area contributed by atoms with E-state index in [9.17, 15) is 4.79 Å². The summed E-state index contributed by atoms with van der Waals surface area (Å²) in [5.41, 5.74) is -0.00164. The third kappa shape index (κ3) is 2.96. The average molecular weight is 294 g/mol. The van der Waals surface area contributed by atoms with Crippen LogP contribution in [0.1, 0.15) is 44.2 Å². The third-order valence-electron chi connectivity index (χ3n) is 4.15. The molecule has 6 heteroatoms. The van der Waals surface area contributed by atoms with Gasteiger partial charge in [0, 0.05) is 32.2 Å². The number of hydrogen-bond donors (Lipinski definition) is 1. The fraction of sp³-hybridized carbons (Fsp3) is 0.733. The summed E-state index contributed by atoms with van der Waals surface area (Å²) in [5, 5.41) is 7.62. The molecular formula is C15H26N4O2. The molecule has 0 spiro atoms. The number of hydrogen-bond acceptors (Lipinski definition) is 5. The van der Waals surface area contributed by atoms with E-state index in [2.05, 4.69) is 15.3 Å². The molecule has 21 heavy (non-hydrogen) atoms. The van der Waals surface area contributed by atoms with E-state index in [-0.39, 0.29) is 11.8 Å². The Morgan fingerprint density at radius 3 is 2.52 bits per heavy atom. The minimum atomic E-state index is -0.567. The van der Waals surface area contributed by atoms with Crippen molar-refractivity contribution in [3.05, 3.63) is 11.9 Å². The van der Waals surface area contributed by atoms with Crippen LogP contribution in [-0.2, 0) is 0 Å². The fourth-order valence-corrected chi connectivity index (χ4v) is 2.76. The average Bonchev–Trinajstić information content (AvgIpc) is 2.91. The summed E-state index contributed by atoms with van der Waals surface area (Å²) in [6.45, 7) is 11.6. The Balaban J connectivity index is 2.36. The largest absolute Gasteiger partial charge is 0.493 e. The minimum Gasteiger partial charge on any atom is -0.493 e. The van der Waals surface area contributed by atoms with E-state index >= 15 is 0 Å². The summed E-state index contributed by atoms with van der Waals surface area (Å²) >= 11 is 0. The van der Waals surface area contributed by atoms with E-state index in [0.29, 0.717) is 11.4 Å². The molecule has 1 fully saturated rings. The van der Waals surface area contributed by atoms with Crippen LogP contribution in [0.3, 0.4) is 0 Å². The van der Waals surface area contributed by atoms with Crippen molar-refractivity contribution in [2.75, 3.05) is 33.3 Å². The predicted octanol–water partition coefficient (Wildman–Crippen LogP) is 1.34. The molecule has 1 aliphatic heterocycles. The van der Waals surface area contributed by atoms with Gasteiger partial charge < -0.3 is 10.1 Å². The van der Waals surface area contributed by atoms with E-state index < -0.39 is 5.54 Å². The Bertz CT molecular complexity index is 502. The number of carbonyl (C=O) groups excluding carboxylic acids is 1. The van der Waals surface area contributed by atoms with Gasteiger partial charge in [-0.15, -0.1) is 0 Å². The zero-order valence-electron chi connectivity index (χ0n) is 13.6. The minimum absolute atomic E-state index is 0.0625. The predicted molar refractivity (Wildman–Crippen MR) is 82.0 cm³/mol. The lowest BCUT2D eigenvalue weighted by molar-refractivity contribution is 0.0586. The highest BCUT2D eigenvalue weighted by Crippen LogP contribution is 2.28. The molecule has 2 rings (SSSR count). The molecule has 0 atom stereocenters. The molecule has 0 radical (unpaired) electrons. The third-order valence-corrected chi connectivity index (χ3v) is 4.15. The van der Waals surface area contributed by atoms with Gasteiger partial charge in [0.2, 0.25) is 5.78 Å². The molecule has 0 saturated carbocycles. The van der Waals surface area contributed by atoms with Gasteiger partial charge in [-0.2, -0.15) is 5.10 Å². The molecule has 0 amide bonds. The molecule has 2 heterocycles. The van der Waals surface area contributed by atoms with Crippen molar-refractivity contribution in [1.82, 2.24) is 20.0 Å². The summed E-state index contributed by atoms with van der Waals surface area (Å²) in [4.78, 5) is 15.4. The van der Waals surface area contributed by atoms with Gasteiger partial charge in [0.05, 0.1) is 18.8 Å². The number of nitrogens with zero attached hydrogens (tertiary/aromatic N) is 3. The van der Waals surface area contributed by atoms with Gasteiger partial charge in [-0.1, -0.05) is 0 Å². The van der Waals surface area contributed by atoms with Crippen molar-refractivity contribution in [3.63, 3.8) is 0 Å². The lowest BCUT2D eigenvalue weighted by Crippen LogP contribution is -2.57. The quantitative estimate of drug-likeness (QED) is 0.831. The van der Waals surface area contributed by atoms with Gasteiger partial charge in [0.1, 0.15) is 5.69 Å². The second kappa shape index (κ2) is 6.15. The summed E-state index contributed by atoms with van der Waals surface area (Å²) < 4.78 is 7.10. The first-order chi connectivity index (χ1) is 9.89. The van der Waals surface area contributed by atoms with Crippen LogP contribution in [0.2, 0.25) is 0 Å². The first kappa shape index (κ1) is 16.0. The normalized spacial score (nSPS) is 17.2. The maximum atomic E-state index is 13.1. The molecule has 1 aliphatic rings. The number of methoxy groups -OCH3 is 1. The molecule has 1 aromatic heterocycles. The van der Waals surface area contributed by atoms with Gasteiger partial charge in [0.25, 0.3) is 0 Å². The Labute approximate surface area is 126 Å². The SMILES string of the molecule is COc1cnn(C(C)C)c1C(=O)C(C)(C)N1CCNCC1. The van der Waals surface area contributed by atoms with Crippen molar-refractivity contribution < 1.29 is 9.53 Å². The summed E-state index contributed by atoms with van der Waals surface area (Å²) in [5.74, 6) is 0.615. The van der Waals surface area contributed by atoms with E-state index in [1.807, 2.05) is 27.7 Å². The number of ketones is 1. The highest BCUT2D eigenvalue weighted by Gasteiger charge is 2.39. The molecule has 6 nitrogen and oxygen atoms in total. The molecular weight excluding hydrogens is 268 g/mol. The fourth-order valence-electron chi connectivity index (χ4n) is 2.76. The Morgan fingerprint density at radius 1 is 1.38 bits per heavy atom. The maximum Gasteiger partial charge on any atom is 0.204 e. The van der Waals surface area contributed by atoms with E-state index in [1.54, 1.807) is 18.0 Å². The maximum absolute atomic E-state index is 13.1. The number of Topliss-reactive ketones (excluding diaryl/α,β-unsaturated/α-hetero) is 1. The number of carbonyl (C=O) groups is 1. The molecule has 1 aromatic rings. The van der Waals surface area contributed by atoms with Gasteiger partial charge >= 0.3 is 0 Å². The second-order valence-corrected chi connectivity index (χ2v) is 6.23. The zero-order chi connectivity index (χ0) is 15.6. The molecule has 0 aliphatic carbocycles. The van der Waals surface area contributed by atoms with Gasteiger partial charge in [0.15, 0.2) is 5.75 Å². The number of rotatable bonds is 5. The lowest BCUT2D eigenvalue weighted by Gasteiger charge is -2.40. The van der Waals surface area contributed by atoms with Gasteiger partial charge in [-0.05, 0) is 27.7 Å². The van der Waals surface area contributed by atoms with Crippen LogP contribution in [0.25, 0.3) is 0 Å². The van der Waals surface area contributed by atoms with Gasteiger partial charge in [-0.3, -0.25) is 14.4 Å². The smallest absolute Gasteiger partial charge is 0.204 e. The van der Waals surface area contributed by atoms with E-state index in [1.165, 1.54) is 0 Å². The van der Waals surface area contributed by atoms with Crippen molar-refractivity contribution in [2.45, 2.75) is 39.3 Å². The number of aromatic nitrogens is 2. The standard InChI is InChI=1S/C15H26N4O2/c1-11(2)19-13(12(21-5)10-17-19)14(20)15(3,4)18-8-6-16-7-9-18/h10-11,16H,6-9H2,1-5H3. The molecule has 0 unspecified atom stereocenters. The first-order valence-corrected chi connectivity index (χ1v) is 7.51. The van der Waals surface area contributed by atoms with Crippen molar-refractivity contribution in [2.24, 2.45) is 0 Å². The summed E-state index contributed by atoms with van der Waals surface area (Å²) in [6.07, 6.45) is 1.63. The summed E-state index contributed by atoms with van der Waals surface area (Å²) in [6, 6.07) is 0.117. The zero-order valence-corrected chi connectivity index (χ0v) is 13.6. The van der Waals surface area contributed by atoms with Crippen LogP contribution < -0.4 is 10.1 Å². The molecule has 0 aromatic carbocycles. The highest BCUT2D eigenvalue weighted by atomic mass is 16.5. The van der Waals surface area contributed by atoms with Crippen LogP contribution in [0, 0.1) is 0 Å². The highest BCUT2D eigenvalue weighted by molar-refractivity contribution is 6.03. The topological polar surface area (TPSA) is 59.4 Å². The van der Waals surface area contributed by atoms with Crippen molar-refractivity contribution >= 4 is 5.78 Å². The lowest BCUT2D eigenvalue weighted by atomic mass is 9.93. The van der Waals surface area contributed by atoms with E-state index in [0.717, 1.165) is 26.2 Å². The first-order valence-electron chi connectivity index (χ1n) is 7.51. The second-order valence-electron chi connectivity index (χ2n) is 6.23. The molecule has 118 valence electrons. The number of ether oxygens (including phenoxy) is 1.